The van der Waals surface area contributed by atoms with E-state index < -0.39 is 5.82 Å². The fourth-order valence-electron chi connectivity index (χ4n) is 1.91. The van der Waals surface area contributed by atoms with Gasteiger partial charge in [0.1, 0.15) is 17.3 Å². The number of carbonyl (C=O) groups excluding carboxylic acids is 1. The molecule has 1 amide bonds. The number of para-hydroxylation sites is 1. The molecule has 1 unspecified atom stereocenters. The molecule has 0 radical (unpaired) electrons. The van der Waals surface area contributed by atoms with Crippen LogP contribution in [-0.2, 0) is 0 Å². The third-order valence-electron chi connectivity index (χ3n) is 3.23. The first-order chi connectivity index (χ1) is 9.50. The fraction of sp³-hybridized carbons (Fsp3) is 0.200. The average Bonchev–Trinajstić information content (AvgIpc) is 2.46. The molecular weight excluding hydrogens is 259 g/mol. The predicted octanol–water partition coefficient (Wildman–Crippen LogP) is 2.76. The number of phenols is 1. The number of hydrogen-bond acceptors (Lipinski definition) is 3. The van der Waals surface area contributed by atoms with Crippen molar-refractivity contribution in [2.75, 3.05) is 7.05 Å². The van der Waals surface area contributed by atoms with Crippen LogP contribution in [0.25, 0.3) is 0 Å². The summed E-state index contributed by atoms with van der Waals surface area (Å²) in [5.74, 6) is -0.689. The Hall–Kier alpha value is -2.43. The summed E-state index contributed by atoms with van der Waals surface area (Å²) in [4.78, 5) is 17.5. The summed E-state index contributed by atoms with van der Waals surface area (Å²) < 4.78 is 12.8. The van der Waals surface area contributed by atoms with Crippen molar-refractivity contribution in [3.8, 4) is 5.75 Å². The minimum absolute atomic E-state index is 0.131. The molecule has 4 nitrogen and oxygen atoms in total. The molecular formula is C15H15FN2O2. The summed E-state index contributed by atoms with van der Waals surface area (Å²) in [6, 6.07) is 9.04. The van der Waals surface area contributed by atoms with E-state index in [-0.39, 0.29) is 23.4 Å². The molecule has 1 N–H and O–H groups in total. The second-order valence-electron chi connectivity index (χ2n) is 4.51. The third kappa shape index (κ3) is 2.77. The first kappa shape index (κ1) is 14.0. The van der Waals surface area contributed by atoms with E-state index in [0.29, 0.717) is 5.56 Å². The Morgan fingerprint density at radius 2 is 2.00 bits per heavy atom. The Kier molecular flexibility index (Phi) is 3.98. The molecule has 20 heavy (non-hydrogen) atoms. The highest BCUT2D eigenvalue weighted by atomic mass is 19.1. The number of nitrogens with zero attached hydrogens (tertiary/aromatic N) is 2. The van der Waals surface area contributed by atoms with Crippen LogP contribution >= 0.6 is 0 Å². The van der Waals surface area contributed by atoms with Crippen molar-refractivity contribution in [1.29, 1.82) is 0 Å². The lowest BCUT2D eigenvalue weighted by Gasteiger charge is -2.25. The zero-order chi connectivity index (χ0) is 14.7. The standard InChI is InChI=1S/C15H15FN2O2/c1-10(12-5-3-4-6-14(12)19)18(2)15(20)13-8-7-11(16)9-17-13/h3-10,19H,1-2H3. The molecule has 2 rings (SSSR count). The normalized spacial score (nSPS) is 11.9. The van der Waals surface area contributed by atoms with Crippen molar-refractivity contribution in [2.24, 2.45) is 0 Å². The molecule has 0 aliphatic carbocycles. The van der Waals surface area contributed by atoms with Crippen LogP contribution in [0, 0.1) is 5.82 Å². The Balaban J connectivity index is 2.22. The van der Waals surface area contributed by atoms with Gasteiger partial charge < -0.3 is 10.0 Å². The second-order valence-corrected chi connectivity index (χ2v) is 4.51. The smallest absolute Gasteiger partial charge is 0.272 e. The molecule has 5 heteroatoms. The molecule has 1 aromatic carbocycles. The van der Waals surface area contributed by atoms with Crippen molar-refractivity contribution < 1.29 is 14.3 Å². The number of pyridine rings is 1. The van der Waals surface area contributed by atoms with E-state index >= 15 is 0 Å². The maximum absolute atomic E-state index is 12.8. The zero-order valence-electron chi connectivity index (χ0n) is 11.2. The highest BCUT2D eigenvalue weighted by molar-refractivity contribution is 5.92. The third-order valence-corrected chi connectivity index (χ3v) is 3.23. The molecule has 1 atom stereocenters. The van der Waals surface area contributed by atoms with Gasteiger partial charge in [-0.3, -0.25) is 4.79 Å². The van der Waals surface area contributed by atoms with Gasteiger partial charge in [0.15, 0.2) is 0 Å². The zero-order valence-corrected chi connectivity index (χ0v) is 11.2. The highest BCUT2D eigenvalue weighted by Crippen LogP contribution is 2.27. The Labute approximate surface area is 116 Å². The van der Waals surface area contributed by atoms with Gasteiger partial charge in [0.25, 0.3) is 5.91 Å². The Morgan fingerprint density at radius 3 is 2.60 bits per heavy atom. The van der Waals surface area contributed by atoms with Crippen molar-refractivity contribution in [3.63, 3.8) is 0 Å². The Bertz CT molecular complexity index is 614. The summed E-state index contributed by atoms with van der Waals surface area (Å²) in [6.07, 6.45) is 1.01. The number of halogens is 1. The maximum Gasteiger partial charge on any atom is 0.272 e. The molecule has 1 heterocycles. The largest absolute Gasteiger partial charge is 0.508 e. The number of aromatic nitrogens is 1. The van der Waals surface area contributed by atoms with Crippen LogP contribution in [0.15, 0.2) is 42.6 Å². The molecule has 1 aromatic heterocycles. The topological polar surface area (TPSA) is 53.4 Å². The van der Waals surface area contributed by atoms with E-state index in [1.54, 1.807) is 38.2 Å². The number of hydrogen-bond donors (Lipinski definition) is 1. The van der Waals surface area contributed by atoms with E-state index in [1.807, 2.05) is 0 Å². The monoisotopic (exact) mass is 274 g/mol. The van der Waals surface area contributed by atoms with Crippen LogP contribution in [0.4, 0.5) is 4.39 Å². The Morgan fingerprint density at radius 1 is 1.30 bits per heavy atom. The van der Waals surface area contributed by atoms with E-state index in [9.17, 15) is 14.3 Å². The lowest BCUT2D eigenvalue weighted by atomic mass is 10.1. The van der Waals surface area contributed by atoms with Gasteiger partial charge >= 0.3 is 0 Å². The van der Waals surface area contributed by atoms with E-state index in [0.717, 1.165) is 6.20 Å². The van der Waals surface area contributed by atoms with Gasteiger partial charge in [0.05, 0.1) is 12.2 Å². The molecule has 0 bridgehead atoms. The van der Waals surface area contributed by atoms with Crippen molar-refractivity contribution in [1.82, 2.24) is 9.88 Å². The van der Waals surface area contributed by atoms with E-state index in [2.05, 4.69) is 4.98 Å². The summed E-state index contributed by atoms with van der Waals surface area (Å²) >= 11 is 0. The lowest BCUT2D eigenvalue weighted by molar-refractivity contribution is 0.0735. The van der Waals surface area contributed by atoms with Crippen molar-refractivity contribution in [3.05, 3.63) is 59.7 Å². The average molecular weight is 274 g/mol. The first-order valence-corrected chi connectivity index (χ1v) is 6.17. The van der Waals surface area contributed by atoms with Gasteiger partial charge in [-0.2, -0.15) is 0 Å². The van der Waals surface area contributed by atoms with Crippen molar-refractivity contribution in [2.45, 2.75) is 13.0 Å². The SMILES string of the molecule is CC(c1ccccc1O)N(C)C(=O)c1ccc(F)cn1. The van der Waals surface area contributed by atoms with E-state index in [4.69, 9.17) is 0 Å². The molecule has 0 saturated carbocycles. The number of carbonyl (C=O) groups is 1. The number of phenolic OH excluding ortho intramolecular Hbond substituents is 1. The summed E-state index contributed by atoms with van der Waals surface area (Å²) in [7, 11) is 1.62. The quantitative estimate of drug-likeness (QED) is 0.936. The van der Waals surface area contributed by atoms with E-state index in [1.165, 1.54) is 17.0 Å². The van der Waals surface area contributed by atoms with Crippen LogP contribution in [0.2, 0.25) is 0 Å². The summed E-state index contributed by atoms with van der Waals surface area (Å²) in [6.45, 7) is 1.80. The van der Waals surface area contributed by atoms with Crippen LogP contribution in [0.1, 0.15) is 29.0 Å². The maximum atomic E-state index is 12.8. The van der Waals surface area contributed by atoms with Gasteiger partial charge in [-0.1, -0.05) is 18.2 Å². The van der Waals surface area contributed by atoms with Crippen LogP contribution in [-0.4, -0.2) is 27.9 Å². The van der Waals surface area contributed by atoms with Gasteiger partial charge in [-0.25, -0.2) is 9.37 Å². The van der Waals surface area contributed by atoms with Crippen LogP contribution < -0.4 is 0 Å². The molecule has 2 aromatic rings. The lowest BCUT2D eigenvalue weighted by Crippen LogP contribution is -2.30. The number of aromatic hydroxyl groups is 1. The number of benzene rings is 1. The summed E-state index contributed by atoms with van der Waals surface area (Å²) in [5.41, 5.74) is 0.807. The number of rotatable bonds is 3. The molecule has 0 aliphatic heterocycles. The predicted molar refractivity (Wildman–Crippen MR) is 72.8 cm³/mol. The minimum atomic E-state index is -0.488. The molecule has 0 aliphatic rings. The van der Waals surface area contributed by atoms with Crippen LogP contribution in [0.3, 0.4) is 0 Å². The number of amides is 1. The van der Waals surface area contributed by atoms with Gasteiger partial charge in [0.2, 0.25) is 0 Å². The fourth-order valence-corrected chi connectivity index (χ4v) is 1.91. The van der Waals surface area contributed by atoms with Gasteiger partial charge in [-0.15, -0.1) is 0 Å². The molecule has 104 valence electrons. The second kappa shape index (κ2) is 5.69. The van der Waals surface area contributed by atoms with Crippen molar-refractivity contribution >= 4 is 5.91 Å². The minimum Gasteiger partial charge on any atom is -0.508 e. The van der Waals surface area contributed by atoms with Crippen LogP contribution in [0.5, 0.6) is 5.75 Å². The highest BCUT2D eigenvalue weighted by Gasteiger charge is 2.21. The van der Waals surface area contributed by atoms with Gasteiger partial charge in [-0.05, 0) is 25.1 Å². The molecule has 0 spiro atoms. The molecule has 0 fully saturated rings. The first-order valence-electron chi connectivity index (χ1n) is 6.17. The van der Waals surface area contributed by atoms with Gasteiger partial charge in [0, 0.05) is 12.6 Å². The summed E-state index contributed by atoms with van der Waals surface area (Å²) in [5, 5.41) is 9.82. The molecule has 0 saturated heterocycles.